The number of carbonyl (C=O) groups excluding carboxylic acids is 1. The van der Waals surface area contributed by atoms with Crippen molar-refractivity contribution in [1.82, 2.24) is 14.5 Å². The molecule has 0 radical (unpaired) electrons. The molecule has 0 aliphatic rings. The van der Waals surface area contributed by atoms with E-state index in [1.54, 1.807) is 36.4 Å². The van der Waals surface area contributed by atoms with E-state index in [-0.39, 0.29) is 5.75 Å². The number of carbonyl (C=O) groups is 1. The Kier molecular flexibility index (Phi) is 4.95. The Labute approximate surface area is 165 Å². The van der Waals surface area contributed by atoms with Crippen LogP contribution in [0, 0.1) is 0 Å². The van der Waals surface area contributed by atoms with Gasteiger partial charge in [0.25, 0.3) is 0 Å². The molecule has 0 atom stereocenters. The molecule has 0 spiro atoms. The van der Waals surface area contributed by atoms with E-state index in [1.165, 1.54) is 18.5 Å². The van der Waals surface area contributed by atoms with Gasteiger partial charge >= 0.3 is 6.03 Å². The first-order chi connectivity index (χ1) is 14.1. The predicted octanol–water partition coefficient (Wildman–Crippen LogP) is 4.26. The summed E-state index contributed by atoms with van der Waals surface area (Å²) in [7, 11) is 1.90. The SMILES string of the molecule is Cn1ccc2ncnc(Oc3ccc(NC(=O)Nc4ccc(OO)cc4)cc3)c21. The van der Waals surface area contributed by atoms with Crippen LogP contribution in [0.3, 0.4) is 0 Å². The highest BCUT2D eigenvalue weighted by atomic mass is 17.1. The van der Waals surface area contributed by atoms with E-state index in [4.69, 9.17) is 9.99 Å². The monoisotopic (exact) mass is 391 g/mol. The quantitative estimate of drug-likeness (QED) is 0.346. The fourth-order valence-electron chi connectivity index (χ4n) is 2.77. The minimum atomic E-state index is -0.405. The molecule has 0 bridgehead atoms. The third-order valence-corrected chi connectivity index (χ3v) is 4.17. The Balaban J connectivity index is 1.40. The van der Waals surface area contributed by atoms with E-state index in [0.717, 1.165) is 11.0 Å². The summed E-state index contributed by atoms with van der Waals surface area (Å²) in [6.07, 6.45) is 3.35. The van der Waals surface area contributed by atoms with Crippen LogP contribution in [0.5, 0.6) is 17.4 Å². The summed E-state index contributed by atoms with van der Waals surface area (Å²) in [5, 5.41) is 14.0. The zero-order valence-corrected chi connectivity index (χ0v) is 15.4. The summed E-state index contributed by atoms with van der Waals surface area (Å²) >= 11 is 0. The lowest BCUT2D eigenvalue weighted by Gasteiger charge is -2.10. The lowest BCUT2D eigenvalue weighted by atomic mass is 10.3. The first-order valence-electron chi connectivity index (χ1n) is 8.66. The van der Waals surface area contributed by atoms with Gasteiger partial charge < -0.3 is 24.8 Å². The van der Waals surface area contributed by atoms with Crippen LogP contribution in [-0.4, -0.2) is 25.8 Å². The second-order valence-electron chi connectivity index (χ2n) is 6.16. The number of hydrogen-bond acceptors (Lipinski definition) is 6. The first-order valence-corrected chi connectivity index (χ1v) is 8.66. The second-order valence-corrected chi connectivity index (χ2v) is 6.16. The molecule has 0 aliphatic carbocycles. The molecule has 0 fully saturated rings. The Morgan fingerprint density at radius 1 is 0.931 bits per heavy atom. The third kappa shape index (κ3) is 4.09. The molecular weight excluding hydrogens is 374 g/mol. The molecule has 2 heterocycles. The normalized spacial score (nSPS) is 10.6. The number of urea groups is 1. The number of nitrogens with zero attached hydrogens (tertiary/aromatic N) is 3. The Hall–Kier alpha value is -4.11. The molecule has 146 valence electrons. The summed E-state index contributed by atoms with van der Waals surface area (Å²) in [6.45, 7) is 0. The fraction of sp³-hybridized carbons (Fsp3) is 0.0500. The highest BCUT2D eigenvalue weighted by molar-refractivity contribution is 5.99. The van der Waals surface area contributed by atoms with Crippen molar-refractivity contribution in [3.05, 3.63) is 67.1 Å². The van der Waals surface area contributed by atoms with Gasteiger partial charge in [-0.3, -0.25) is 0 Å². The van der Waals surface area contributed by atoms with E-state index in [1.807, 2.05) is 23.9 Å². The predicted molar refractivity (Wildman–Crippen MR) is 107 cm³/mol. The van der Waals surface area contributed by atoms with Crippen molar-refractivity contribution in [3.63, 3.8) is 0 Å². The van der Waals surface area contributed by atoms with E-state index in [0.29, 0.717) is 23.0 Å². The highest BCUT2D eigenvalue weighted by Crippen LogP contribution is 2.27. The van der Waals surface area contributed by atoms with Crippen LogP contribution in [0.2, 0.25) is 0 Å². The van der Waals surface area contributed by atoms with Gasteiger partial charge in [0, 0.05) is 24.6 Å². The van der Waals surface area contributed by atoms with Crippen LogP contribution < -0.4 is 20.3 Å². The van der Waals surface area contributed by atoms with Crippen LogP contribution in [0.1, 0.15) is 0 Å². The van der Waals surface area contributed by atoms with Gasteiger partial charge in [0.2, 0.25) is 5.88 Å². The molecule has 29 heavy (non-hydrogen) atoms. The number of rotatable bonds is 5. The maximum absolute atomic E-state index is 12.1. The van der Waals surface area contributed by atoms with Crippen molar-refractivity contribution in [2.45, 2.75) is 0 Å². The minimum Gasteiger partial charge on any atom is -0.437 e. The molecule has 4 aromatic rings. The van der Waals surface area contributed by atoms with Crippen LogP contribution in [-0.2, 0) is 7.05 Å². The van der Waals surface area contributed by atoms with Gasteiger partial charge in [-0.05, 0) is 54.6 Å². The molecule has 9 heteroatoms. The number of aromatic nitrogens is 3. The summed E-state index contributed by atoms with van der Waals surface area (Å²) in [5.41, 5.74) is 2.74. The zero-order valence-electron chi connectivity index (χ0n) is 15.4. The molecule has 0 unspecified atom stereocenters. The smallest absolute Gasteiger partial charge is 0.323 e. The summed E-state index contributed by atoms with van der Waals surface area (Å²) in [6, 6.07) is 14.7. The minimum absolute atomic E-state index is 0.280. The number of anilines is 2. The van der Waals surface area contributed by atoms with Crippen molar-refractivity contribution >= 4 is 28.4 Å². The lowest BCUT2D eigenvalue weighted by molar-refractivity contribution is -0.137. The van der Waals surface area contributed by atoms with Crippen LogP contribution in [0.4, 0.5) is 16.2 Å². The first kappa shape index (κ1) is 18.3. The largest absolute Gasteiger partial charge is 0.437 e. The van der Waals surface area contributed by atoms with Crippen molar-refractivity contribution in [2.24, 2.45) is 7.05 Å². The lowest BCUT2D eigenvalue weighted by Crippen LogP contribution is -2.19. The highest BCUT2D eigenvalue weighted by Gasteiger charge is 2.10. The number of ether oxygens (including phenoxy) is 1. The van der Waals surface area contributed by atoms with E-state index in [9.17, 15) is 4.79 Å². The molecule has 2 amide bonds. The number of amides is 2. The molecule has 2 aromatic heterocycles. The van der Waals surface area contributed by atoms with Crippen molar-refractivity contribution < 1.29 is 19.7 Å². The fourth-order valence-corrected chi connectivity index (χ4v) is 2.77. The topological polar surface area (TPSA) is 111 Å². The molecule has 9 nitrogen and oxygen atoms in total. The molecule has 0 saturated carbocycles. The van der Waals surface area contributed by atoms with Gasteiger partial charge in [0.05, 0.1) is 5.52 Å². The van der Waals surface area contributed by atoms with Crippen LogP contribution in [0.25, 0.3) is 11.0 Å². The van der Waals surface area contributed by atoms with Crippen molar-refractivity contribution in [2.75, 3.05) is 10.6 Å². The average molecular weight is 391 g/mol. The van der Waals surface area contributed by atoms with Gasteiger partial charge in [-0.25, -0.2) is 15.0 Å². The Bertz CT molecular complexity index is 1140. The zero-order chi connectivity index (χ0) is 20.2. The number of nitrogens with one attached hydrogen (secondary N) is 2. The second kappa shape index (κ2) is 7.87. The average Bonchev–Trinajstić information content (AvgIpc) is 3.12. The number of aryl methyl sites for hydroxylation is 1. The molecule has 2 aromatic carbocycles. The standard InChI is InChI=1S/C20H17N5O4/c1-25-11-10-17-18(25)19(22-12-21-17)28-15-6-2-13(3-7-15)23-20(26)24-14-4-8-16(29-27)9-5-14/h2-12,27H,1H3,(H2,23,24,26). The van der Waals surface area contributed by atoms with Crippen LogP contribution >= 0.6 is 0 Å². The molecule has 0 aliphatic heterocycles. The number of fused-ring (bicyclic) bond motifs is 1. The molecule has 3 N–H and O–H groups in total. The maximum Gasteiger partial charge on any atom is 0.323 e. The van der Waals surface area contributed by atoms with Gasteiger partial charge in [-0.15, -0.1) is 0 Å². The Morgan fingerprint density at radius 2 is 1.55 bits per heavy atom. The van der Waals surface area contributed by atoms with E-state index in [2.05, 4.69) is 25.5 Å². The van der Waals surface area contributed by atoms with Gasteiger partial charge in [0.1, 0.15) is 17.6 Å². The summed E-state index contributed by atoms with van der Waals surface area (Å²) in [5.74, 6) is 1.32. The van der Waals surface area contributed by atoms with Gasteiger partial charge in [-0.2, -0.15) is 4.98 Å². The van der Waals surface area contributed by atoms with Crippen molar-refractivity contribution in [1.29, 1.82) is 0 Å². The van der Waals surface area contributed by atoms with E-state index >= 15 is 0 Å². The third-order valence-electron chi connectivity index (χ3n) is 4.17. The van der Waals surface area contributed by atoms with Crippen LogP contribution in [0.15, 0.2) is 67.1 Å². The van der Waals surface area contributed by atoms with Crippen molar-refractivity contribution in [3.8, 4) is 17.4 Å². The molecule has 0 saturated heterocycles. The molecule has 4 rings (SSSR count). The molecular formula is C20H17N5O4. The summed E-state index contributed by atoms with van der Waals surface area (Å²) in [4.78, 5) is 24.6. The maximum atomic E-state index is 12.1. The number of hydrogen-bond donors (Lipinski definition) is 3. The number of benzene rings is 2. The van der Waals surface area contributed by atoms with E-state index < -0.39 is 6.03 Å². The van der Waals surface area contributed by atoms with Gasteiger partial charge in [0.15, 0.2) is 5.75 Å². The summed E-state index contributed by atoms with van der Waals surface area (Å²) < 4.78 is 7.77. The Morgan fingerprint density at radius 3 is 2.17 bits per heavy atom. The van der Waals surface area contributed by atoms with Gasteiger partial charge in [-0.1, -0.05) is 0 Å².